The van der Waals surface area contributed by atoms with Crippen molar-refractivity contribution in [3.05, 3.63) is 46.8 Å². The molecule has 1 N–H and O–H groups in total. The van der Waals surface area contributed by atoms with Crippen LogP contribution in [0.3, 0.4) is 0 Å². The molecule has 21 heavy (non-hydrogen) atoms. The van der Waals surface area contributed by atoms with Gasteiger partial charge in [0.05, 0.1) is 11.4 Å². The van der Waals surface area contributed by atoms with E-state index in [1.165, 1.54) is 5.56 Å². The Morgan fingerprint density at radius 2 is 1.76 bits per heavy atom. The van der Waals surface area contributed by atoms with Crippen LogP contribution in [0.25, 0.3) is 0 Å². The van der Waals surface area contributed by atoms with Gasteiger partial charge in [0.25, 0.3) is 0 Å². The molecule has 0 fully saturated rings. The molecular weight excluding hydrogens is 286 g/mol. The molecule has 2 aromatic rings. The molecule has 1 aromatic carbocycles. The first-order valence-electron chi connectivity index (χ1n) is 6.86. The van der Waals surface area contributed by atoms with Crippen molar-refractivity contribution < 1.29 is 8.42 Å². The van der Waals surface area contributed by atoms with E-state index in [0.717, 1.165) is 5.56 Å². The molecule has 5 nitrogen and oxygen atoms in total. The lowest BCUT2D eigenvalue weighted by Crippen LogP contribution is -2.27. The Kier molecular flexibility index (Phi) is 4.49. The first-order valence-corrected chi connectivity index (χ1v) is 8.35. The zero-order valence-electron chi connectivity index (χ0n) is 12.8. The SMILES string of the molecule is Cc1ccc(CCNS(=O)(=O)c2c(C)nn(C)c2C)cc1. The minimum atomic E-state index is -3.51. The van der Waals surface area contributed by atoms with E-state index in [1.54, 1.807) is 25.6 Å². The van der Waals surface area contributed by atoms with E-state index in [2.05, 4.69) is 9.82 Å². The molecule has 0 unspecified atom stereocenters. The summed E-state index contributed by atoms with van der Waals surface area (Å²) in [5.74, 6) is 0. The van der Waals surface area contributed by atoms with Gasteiger partial charge in [0.1, 0.15) is 4.90 Å². The molecule has 6 heteroatoms. The Morgan fingerprint density at radius 3 is 2.29 bits per heavy atom. The van der Waals surface area contributed by atoms with Crippen molar-refractivity contribution in [2.75, 3.05) is 6.54 Å². The van der Waals surface area contributed by atoms with Crippen LogP contribution in [-0.4, -0.2) is 24.7 Å². The highest BCUT2D eigenvalue weighted by Crippen LogP contribution is 2.18. The van der Waals surface area contributed by atoms with Gasteiger partial charge < -0.3 is 0 Å². The number of benzene rings is 1. The van der Waals surface area contributed by atoms with Gasteiger partial charge in [0.2, 0.25) is 10.0 Å². The second-order valence-electron chi connectivity index (χ2n) is 5.26. The van der Waals surface area contributed by atoms with E-state index in [1.807, 2.05) is 31.2 Å². The quantitative estimate of drug-likeness (QED) is 0.917. The lowest BCUT2D eigenvalue weighted by molar-refractivity contribution is 0.580. The highest BCUT2D eigenvalue weighted by atomic mass is 32.2. The smallest absolute Gasteiger partial charge is 0.244 e. The Bertz CT molecular complexity index is 731. The summed E-state index contributed by atoms with van der Waals surface area (Å²) in [6.07, 6.45) is 0.665. The van der Waals surface area contributed by atoms with Gasteiger partial charge in [-0.05, 0) is 32.8 Å². The Labute approximate surface area is 126 Å². The number of rotatable bonds is 5. The average Bonchev–Trinajstić information content (AvgIpc) is 2.66. The third-order valence-corrected chi connectivity index (χ3v) is 5.25. The van der Waals surface area contributed by atoms with E-state index in [9.17, 15) is 8.42 Å². The van der Waals surface area contributed by atoms with Crippen LogP contribution in [0, 0.1) is 20.8 Å². The summed E-state index contributed by atoms with van der Waals surface area (Å²) in [6.45, 7) is 5.87. The number of aryl methyl sites for hydroxylation is 3. The topological polar surface area (TPSA) is 64.0 Å². The van der Waals surface area contributed by atoms with Gasteiger partial charge in [0.15, 0.2) is 0 Å². The van der Waals surface area contributed by atoms with E-state index in [4.69, 9.17) is 0 Å². The van der Waals surface area contributed by atoms with Gasteiger partial charge in [-0.15, -0.1) is 0 Å². The lowest BCUT2D eigenvalue weighted by Gasteiger charge is -2.07. The molecule has 0 spiro atoms. The number of nitrogens with zero attached hydrogens (tertiary/aromatic N) is 2. The van der Waals surface area contributed by atoms with E-state index in [-0.39, 0.29) is 4.90 Å². The van der Waals surface area contributed by atoms with Crippen LogP contribution in [-0.2, 0) is 23.5 Å². The molecule has 0 amide bonds. The number of nitrogens with one attached hydrogen (secondary N) is 1. The largest absolute Gasteiger partial charge is 0.271 e. The van der Waals surface area contributed by atoms with Crippen LogP contribution in [0.5, 0.6) is 0 Å². The summed E-state index contributed by atoms with van der Waals surface area (Å²) >= 11 is 0. The molecule has 1 heterocycles. The molecule has 0 radical (unpaired) electrons. The van der Waals surface area contributed by atoms with Crippen LogP contribution in [0.2, 0.25) is 0 Å². The average molecular weight is 307 g/mol. The number of sulfonamides is 1. The molecule has 0 saturated heterocycles. The Morgan fingerprint density at radius 1 is 1.14 bits per heavy atom. The van der Waals surface area contributed by atoms with Crippen molar-refractivity contribution in [2.24, 2.45) is 7.05 Å². The van der Waals surface area contributed by atoms with Crippen LogP contribution in [0.15, 0.2) is 29.2 Å². The van der Waals surface area contributed by atoms with E-state index < -0.39 is 10.0 Å². The predicted molar refractivity (Wildman–Crippen MR) is 82.8 cm³/mol. The molecule has 0 aliphatic carbocycles. The van der Waals surface area contributed by atoms with Crippen molar-refractivity contribution in [1.29, 1.82) is 0 Å². The Balaban J connectivity index is 2.06. The zero-order chi connectivity index (χ0) is 15.6. The molecule has 2 rings (SSSR count). The van der Waals surface area contributed by atoms with Crippen molar-refractivity contribution in [3.8, 4) is 0 Å². The van der Waals surface area contributed by atoms with Crippen molar-refractivity contribution >= 4 is 10.0 Å². The third kappa shape index (κ3) is 3.51. The second kappa shape index (κ2) is 5.99. The molecule has 1 aromatic heterocycles. The number of hydrogen-bond donors (Lipinski definition) is 1. The van der Waals surface area contributed by atoms with E-state index >= 15 is 0 Å². The van der Waals surface area contributed by atoms with Gasteiger partial charge in [-0.25, -0.2) is 13.1 Å². The maximum Gasteiger partial charge on any atom is 0.244 e. The van der Waals surface area contributed by atoms with Gasteiger partial charge in [0, 0.05) is 13.6 Å². The van der Waals surface area contributed by atoms with Crippen molar-refractivity contribution in [1.82, 2.24) is 14.5 Å². The number of aromatic nitrogens is 2. The molecule has 0 atom stereocenters. The zero-order valence-corrected chi connectivity index (χ0v) is 13.7. The fourth-order valence-electron chi connectivity index (χ4n) is 2.30. The minimum absolute atomic E-state index is 0.286. The van der Waals surface area contributed by atoms with Crippen LogP contribution < -0.4 is 4.72 Å². The first kappa shape index (κ1) is 15.7. The molecule has 0 saturated carbocycles. The summed E-state index contributed by atoms with van der Waals surface area (Å²) in [5, 5.41) is 4.15. The maximum absolute atomic E-state index is 12.4. The standard InChI is InChI=1S/C15H21N3O2S/c1-11-5-7-14(8-6-11)9-10-16-21(19,20)15-12(2)17-18(4)13(15)3/h5-8,16H,9-10H2,1-4H3. The Hall–Kier alpha value is -1.66. The van der Waals surface area contributed by atoms with Gasteiger partial charge in [-0.1, -0.05) is 29.8 Å². The predicted octanol–water partition coefficient (Wildman–Crippen LogP) is 1.87. The van der Waals surface area contributed by atoms with Crippen molar-refractivity contribution in [2.45, 2.75) is 32.1 Å². The normalized spacial score (nSPS) is 11.8. The second-order valence-corrected chi connectivity index (χ2v) is 6.96. The summed E-state index contributed by atoms with van der Waals surface area (Å²) in [5.41, 5.74) is 3.48. The van der Waals surface area contributed by atoms with Crippen LogP contribution in [0.4, 0.5) is 0 Å². The lowest BCUT2D eigenvalue weighted by atomic mass is 10.1. The van der Waals surface area contributed by atoms with Crippen molar-refractivity contribution in [3.63, 3.8) is 0 Å². The first-order chi connectivity index (χ1) is 9.81. The summed E-state index contributed by atoms with van der Waals surface area (Å²) in [7, 11) is -1.77. The summed E-state index contributed by atoms with van der Waals surface area (Å²) in [6, 6.07) is 8.09. The third-order valence-electron chi connectivity index (χ3n) is 3.54. The molecule has 0 bridgehead atoms. The highest BCUT2D eigenvalue weighted by Gasteiger charge is 2.23. The highest BCUT2D eigenvalue weighted by molar-refractivity contribution is 7.89. The van der Waals surface area contributed by atoms with Gasteiger partial charge >= 0.3 is 0 Å². The molecule has 0 aliphatic rings. The van der Waals surface area contributed by atoms with Crippen LogP contribution >= 0.6 is 0 Å². The summed E-state index contributed by atoms with van der Waals surface area (Å²) < 4.78 is 29.0. The fourth-order valence-corrected chi connectivity index (χ4v) is 3.77. The van der Waals surface area contributed by atoms with E-state index in [0.29, 0.717) is 24.4 Å². The number of hydrogen-bond acceptors (Lipinski definition) is 3. The fraction of sp³-hybridized carbons (Fsp3) is 0.400. The molecule has 114 valence electrons. The van der Waals surface area contributed by atoms with Crippen LogP contribution in [0.1, 0.15) is 22.5 Å². The monoisotopic (exact) mass is 307 g/mol. The van der Waals surface area contributed by atoms with Gasteiger partial charge in [-0.2, -0.15) is 5.10 Å². The summed E-state index contributed by atoms with van der Waals surface area (Å²) in [4.78, 5) is 0.286. The minimum Gasteiger partial charge on any atom is -0.271 e. The molecular formula is C15H21N3O2S. The maximum atomic E-state index is 12.4. The molecule has 0 aliphatic heterocycles. The van der Waals surface area contributed by atoms with Gasteiger partial charge in [-0.3, -0.25) is 4.68 Å².